The van der Waals surface area contributed by atoms with E-state index in [9.17, 15) is 0 Å². The van der Waals surface area contributed by atoms with Crippen molar-refractivity contribution < 1.29 is 4.42 Å². The van der Waals surface area contributed by atoms with E-state index in [0.29, 0.717) is 23.5 Å². The number of nitrogens with zero attached hydrogens (tertiary/aromatic N) is 3. The van der Waals surface area contributed by atoms with Gasteiger partial charge in [-0.3, -0.25) is 0 Å². The van der Waals surface area contributed by atoms with Crippen LogP contribution >= 0.6 is 0 Å². The maximum absolute atomic E-state index is 6.02. The minimum atomic E-state index is -0.301. The Labute approximate surface area is 96.9 Å². The van der Waals surface area contributed by atoms with E-state index >= 15 is 0 Å². The lowest BCUT2D eigenvalue weighted by Crippen LogP contribution is -2.13. The van der Waals surface area contributed by atoms with E-state index in [1.165, 1.54) is 0 Å². The number of aromatic nitrogens is 4. The summed E-state index contributed by atoms with van der Waals surface area (Å²) in [4.78, 5) is 15.3. The number of hydrogen-bond donors (Lipinski definition) is 2. The van der Waals surface area contributed by atoms with Crippen LogP contribution in [-0.4, -0.2) is 19.9 Å². The number of oxazole rings is 1. The van der Waals surface area contributed by atoms with Crippen molar-refractivity contribution in [3.8, 4) is 0 Å². The molecule has 3 rings (SSSR count). The largest absolute Gasteiger partial charge is 0.437 e. The lowest BCUT2D eigenvalue weighted by atomic mass is 10.2. The molecule has 0 aliphatic rings. The Morgan fingerprint density at radius 3 is 3.18 bits per heavy atom. The second-order valence-corrected chi connectivity index (χ2v) is 3.76. The van der Waals surface area contributed by atoms with Gasteiger partial charge in [-0.05, 0) is 12.1 Å². The number of nitrogens with one attached hydrogen (secondary N) is 1. The smallest absolute Gasteiger partial charge is 0.214 e. The summed E-state index contributed by atoms with van der Waals surface area (Å²) in [5.74, 6) is 0.494. The van der Waals surface area contributed by atoms with Gasteiger partial charge in [0, 0.05) is 24.5 Å². The minimum Gasteiger partial charge on any atom is -0.437 e. The molecule has 0 aliphatic carbocycles. The maximum atomic E-state index is 6.02. The van der Waals surface area contributed by atoms with Gasteiger partial charge in [0.25, 0.3) is 0 Å². The summed E-state index contributed by atoms with van der Waals surface area (Å²) < 4.78 is 5.55. The van der Waals surface area contributed by atoms with Crippen LogP contribution in [0.4, 0.5) is 0 Å². The van der Waals surface area contributed by atoms with Crippen LogP contribution in [0.15, 0.2) is 35.3 Å². The molecule has 0 spiro atoms. The third kappa shape index (κ3) is 1.90. The summed E-state index contributed by atoms with van der Waals surface area (Å²) in [5, 5.41) is 0. The molecule has 0 aliphatic heterocycles. The fourth-order valence-electron chi connectivity index (χ4n) is 1.66. The third-order valence-corrected chi connectivity index (χ3v) is 2.49. The molecule has 3 aromatic heterocycles. The van der Waals surface area contributed by atoms with E-state index < -0.39 is 0 Å². The standard InChI is InChI=1S/C11H11N5O/c12-8(4-7-5-13-6-15-7)11-16-10-9(17-11)2-1-3-14-10/h1-3,5-6,8H,4,12H2,(H,13,15). The first-order valence-electron chi connectivity index (χ1n) is 5.27. The number of nitrogens with two attached hydrogens (primary N) is 1. The summed E-state index contributed by atoms with van der Waals surface area (Å²) in [6.07, 6.45) is 5.64. The third-order valence-electron chi connectivity index (χ3n) is 2.49. The predicted octanol–water partition coefficient (Wildman–Crippen LogP) is 1.19. The number of imidazole rings is 1. The number of hydrogen-bond acceptors (Lipinski definition) is 5. The van der Waals surface area contributed by atoms with E-state index in [1.54, 1.807) is 24.8 Å². The molecule has 0 bridgehead atoms. The quantitative estimate of drug-likeness (QED) is 0.703. The van der Waals surface area contributed by atoms with Gasteiger partial charge < -0.3 is 15.1 Å². The summed E-state index contributed by atoms with van der Waals surface area (Å²) in [6, 6.07) is 3.32. The highest BCUT2D eigenvalue weighted by Gasteiger charge is 2.15. The van der Waals surface area contributed by atoms with Gasteiger partial charge in [-0.1, -0.05) is 0 Å². The molecular formula is C11H11N5O. The first-order chi connectivity index (χ1) is 8.33. The molecule has 0 saturated heterocycles. The average molecular weight is 229 g/mol. The molecule has 86 valence electrons. The molecule has 6 heteroatoms. The zero-order valence-corrected chi connectivity index (χ0v) is 9.00. The summed E-state index contributed by atoms with van der Waals surface area (Å²) in [5.41, 5.74) is 8.21. The molecule has 0 fully saturated rings. The van der Waals surface area contributed by atoms with Crippen molar-refractivity contribution in [1.29, 1.82) is 0 Å². The number of fused-ring (bicyclic) bond motifs is 1. The van der Waals surface area contributed by atoms with Crippen molar-refractivity contribution >= 4 is 11.2 Å². The van der Waals surface area contributed by atoms with Gasteiger partial charge in [-0.2, -0.15) is 4.98 Å². The van der Waals surface area contributed by atoms with Gasteiger partial charge in [-0.15, -0.1) is 0 Å². The monoisotopic (exact) mass is 229 g/mol. The molecule has 0 radical (unpaired) electrons. The predicted molar refractivity (Wildman–Crippen MR) is 61.0 cm³/mol. The molecule has 3 N–H and O–H groups in total. The molecule has 0 amide bonds. The molecule has 3 aromatic rings. The van der Waals surface area contributed by atoms with Crippen LogP contribution in [0.3, 0.4) is 0 Å². The number of aromatic amines is 1. The zero-order valence-electron chi connectivity index (χ0n) is 9.00. The molecule has 0 saturated carbocycles. The Bertz CT molecular complexity index is 583. The summed E-state index contributed by atoms with van der Waals surface area (Å²) in [6.45, 7) is 0. The second kappa shape index (κ2) is 3.99. The topological polar surface area (TPSA) is 93.6 Å². The van der Waals surface area contributed by atoms with Crippen molar-refractivity contribution in [2.75, 3.05) is 0 Å². The Morgan fingerprint density at radius 1 is 1.47 bits per heavy atom. The summed E-state index contributed by atoms with van der Waals surface area (Å²) >= 11 is 0. The number of H-pyrrole nitrogens is 1. The normalized spacial score (nSPS) is 13.0. The zero-order chi connectivity index (χ0) is 11.7. The van der Waals surface area contributed by atoms with Crippen LogP contribution < -0.4 is 5.73 Å². The lowest BCUT2D eigenvalue weighted by molar-refractivity contribution is 0.472. The van der Waals surface area contributed by atoms with E-state index in [-0.39, 0.29) is 6.04 Å². The second-order valence-electron chi connectivity index (χ2n) is 3.76. The molecule has 0 aromatic carbocycles. The van der Waals surface area contributed by atoms with Crippen molar-refractivity contribution in [3.63, 3.8) is 0 Å². The van der Waals surface area contributed by atoms with E-state index in [0.717, 1.165) is 5.69 Å². The molecule has 1 unspecified atom stereocenters. The summed E-state index contributed by atoms with van der Waals surface area (Å²) in [7, 11) is 0. The van der Waals surface area contributed by atoms with Crippen LogP contribution in [0.2, 0.25) is 0 Å². The lowest BCUT2D eigenvalue weighted by Gasteiger charge is -2.04. The van der Waals surface area contributed by atoms with Crippen LogP contribution in [0.1, 0.15) is 17.6 Å². The number of rotatable bonds is 3. The average Bonchev–Trinajstić information content (AvgIpc) is 2.96. The van der Waals surface area contributed by atoms with Gasteiger partial charge in [-0.25, -0.2) is 9.97 Å². The Hall–Kier alpha value is -2.21. The number of pyridine rings is 1. The van der Waals surface area contributed by atoms with Crippen molar-refractivity contribution in [3.05, 3.63) is 42.4 Å². The minimum absolute atomic E-state index is 0.301. The molecule has 17 heavy (non-hydrogen) atoms. The van der Waals surface area contributed by atoms with Gasteiger partial charge in [0.05, 0.1) is 12.4 Å². The maximum Gasteiger partial charge on any atom is 0.214 e. The van der Waals surface area contributed by atoms with Crippen LogP contribution in [0.25, 0.3) is 11.2 Å². The van der Waals surface area contributed by atoms with Crippen molar-refractivity contribution in [1.82, 2.24) is 19.9 Å². The molecule has 6 nitrogen and oxygen atoms in total. The van der Waals surface area contributed by atoms with Gasteiger partial charge in [0.2, 0.25) is 5.89 Å². The fourth-order valence-corrected chi connectivity index (χ4v) is 1.66. The van der Waals surface area contributed by atoms with Gasteiger partial charge in [0.15, 0.2) is 11.2 Å². The molecular weight excluding hydrogens is 218 g/mol. The van der Waals surface area contributed by atoms with Crippen molar-refractivity contribution in [2.24, 2.45) is 5.73 Å². The Kier molecular flexibility index (Phi) is 2.34. The first kappa shape index (κ1) is 9.98. The first-order valence-corrected chi connectivity index (χ1v) is 5.27. The SMILES string of the molecule is NC(Cc1cnc[nH]1)c1nc2ncccc2o1. The van der Waals surface area contributed by atoms with E-state index in [4.69, 9.17) is 10.2 Å². The van der Waals surface area contributed by atoms with Gasteiger partial charge in [0.1, 0.15) is 0 Å². The molecule has 3 heterocycles. The van der Waals surface area contributed by atoms with Crippen LogP contribution in [0, 0.1) is 0 Å². The van der Waals surface area contributed by atoms with Crippen molar-refractivity contribution in [2.45, 2.75) is 12.5 Å². The highest BCUT2D eigenvalue weighted by Crippen LogP contribution is 2.19. The van der Waals surface area contributed by atoms with E-state index in [1.807, 2.05) is 6.07 Å². The molecule has 1 atom stereocenters. The Morgan fingerprint density at radius 2 is 2.41 bits per heavy atom. The fraction of sp³-hybridized carbons (Fsp3) is 0.182. The highest BCUT2D eigenvalue weighted by molar-refractivity contribution is 5.66. The Balaban J connectivity index is 1.88. The van der Waals surface area contributed by atoms with Crippen LogP contribution in [-0.2, 0) is 6.42 Å². The van der Waals surface area contributed by atoms with Crippen LogP contribution in [0.5, 0.6) is 0 Å². The highest BCUT2D eigenvalue weighted by atomic mass is 16.3. The van der Waals surface area contributed by atoms with Gasteiger partial charge >= 0.3 is 0 Å². The van der Waals surface area contributed by atoms with E-state index in [2.05, 4.69) is 19.9 Å².